The van der Waals surface area contributed by atoms with Crippen molar-refractivity contribution < 1.29 is 28.5 Å². The van der Waals surface area contributed by atoms with Crippen molar-refractivity contribution in [2.75, 3.05) is 6.61 Å². The SMILES string of the molecule is O=C(O[C@@H]1[C@@H]2OC[C@@H](O2)[C@@H](OCc2ccccc2)[C@@H]1OCc1ccccc1)c1ccccc1. The Hall–Kier alpha value is -3.03. The average Bonchev–Trinajstić information content (AvgIpc) is 3.31. The molecule has 2 saturated heterocycles. The molecule has 2 heterocycles. The zero-order valence-electron chi connectivity index (χ0n) is 18.1. The fourth-order valence-electron chi connectivity index (χ4n) is 4.15. The maximum Gasteiger partial charge on any atom is 0.338 e. The summed E-state index contributed by atoms with van der Waals surface area (Å²) in [5, 5.41) is 0. The molecule has 0 unspecified atom stereocenters. The van der Waals surface area contributed by atoms with E-state index in [0.29, 0.717) is 25.4 Å². The van der Waals surface area contributed by atoms with Gasteiger partial charge in [-0.15, -0.1) is 0 Å². The van der Waals surface area contributed by atoms with Crippen LogP contribution in [0.2, 0.25) is 0 Å². The van der Waals surface area contributed by atoms with Gasteiger partial charge in [-0.2, -0.15) is 0 Å². The fourth-order valence-corrected chi connectivity index (χ4v) is 4.15. The molecule has 2 aliphatic heterocycles. The van der Waals surface area contributed by atoms with Gasteiger partial charge in [-0.3, -0.25) is 0 Å². The topological polar surface area (TPSA) is 63.2 Å². The molecule has 2 fully saturated rings. The molecule has 170 valence electrons. The summed E-state index contributed by atoms with van der Waals surface area (Å²) < 4.78 is 30.4. The van der Waals surface area contributed by atoms with Gasteiger partial charge in [0, 0.05) is 0 Å². The lowest BCUT2D eigenvalue weighted by atomic mass is 9.99. The van der Waals surface area contributed by atoms with Gasteiger partial charge in [-0.25, -0.2) is 4.79 Å². The molecular formula is C27H26O6. The molecule has 33 heavy (non-hydrogen) atoms. The first-order chi connectivity index (χ1) is 16.3. The quantitative estimate of drug-likeness (QED) is 0.485. The van der Waals surface area contributed by atoms with Gasteiger partial charge in [0.25, 0.3) is 0 Å². The Balaban J connectivity index is 1.37. The number of hydrogen-bond donors (Lipinski definition) is 0. The van der Waals surface area contributed by atoms with Gasteiger partial charge < -0.3 is 23.7 Å². The van der Waals surface area contributed by atoms with Gasteiger partial charge in [-0.1, -0.05) is 78.9 Å². The van der Waals surface area contributed by atoms with E-state index in [-0.39, 0.29) is 6.10 Å². The lowest BCUT2D eigenvalue weighted by Gasteiger charge is -2.40. The number of carbonyl (C=O) groups excluding carboxylic acids is 1. The second kappa shape index (κ2) is 10.3. The summed E-state index contributed by atoms with van der Waals surface area (Å²) >= 11 is 0. The first-order valence-electron chi connectivity index (χ1n) is 11.1. The van der Waals surface area contributed by atoms with E-state index < -0.39 is 30.6 Å². The van der Waals surface area contributed by atoms with Crippen LogP contribution in [0.25, 0.3) is 0 Å². The highest BCUT2D eigenvalue weighted by Crippen LogP contribution is 2.35. The summed E-state index contributed by atoms with van der Waals surface area (Å²) in [4.78, 5) is 12.9. The molecule has 0 radical (unpaired) electrons. The van der Waals surface area contributed by atoms with Crippen molar-refractivity contribution in [3.05, 3.63) is 108 Å². The van der Waals surface area contributed by atoms with Gasteiger partial charge in [0.15, 0.2) is 12.4 Å². The van der Waals surface area contributed by atoms with Crippen LogP contribution in [0.4, 0.5) is 0 Å². The van der Waals surface area contributed by atoms with Crippen molar-refractivity contribution in [3.8, 4) is 0 Å². The third kappa shape index (κ3) is 5.15. The lowest BCUT2D eigenvalue weighted by Crippen LogP contribution is -2.57. The number of benzene rings is 3. The number of carbonyl (C=O) groups is 1. The Bertz CT molecular complexity index is 1030. The van der Waals surface area contributed by atoms with Gasteiger partial charge in [0.05, 0.1) is 25.4 Å². The highest BCUT2D eigenvalue weighted by molar-refractivity contribution is 5.89. The first-order valence-corrected chi connectivity index (χ1v) is 11.1. The molecule has 0 saturated carbocycles. The maximum absolute atomic E-state index is 12.9. The van der Waals surface area contributed by atoms with Crippen molar-refractivity contribution in [2.24, 2.45) is 0 Å². The van der Waals surface area contributed by atoms with E-state index in [0.717, 1.165) is 11.1 Å². The Morgan fingerprint density at radius 1 is 0.727 bits per heavy atom. The maximum atomic E-state index is 12.9. The van der Waals surface area contributed by atoms with E-state index in [4.69, 9.17) is 23.7 Å². The summed E-state index contributed by atoms with van der Waals surface area (Å²) in [5.41, 5.74) is 2.52. The lowest BCUT2D eigenvalue weighted by molar-refractivity contribution is -0.253. The van der Waals surface area contributed by atoms with Gasteiger partial charge in [-0.05, 0) is 23.3 Å². The molecule has 0 amide bonds. The van der Waals surface area contributed by atoms with Crippen molar-refractivity contribution in [2.45, 2.75) is 43.9 Å². The second-order valence-electron chi connectivity index (χ2n) is 8.13. The van der Waals surface area contributed by atoms with Crippen LogP contribution in [0.15, 0.2) is 91.0 Å². The third-order valence-electron chi connectivity index (χ3n) is 5.84. The minimum absolute atomic E-state index is 0.300. The van der Waals surface area contributed by atoms with Gasteiger partial charge in [0.1, 0.15) is 18.3 Å². The van der Waals surface area contributed by atoms with Crippen LogP contribution in [0.3, 0.4) is 0 Å². The molecule has 2 bridgehead atoms. The molecule has 5 rings (SSSR count). The minimum Gasteiger partial charge on any atom is -0.450 e. The highest BCUT2D eigenvalue weighted by Gasteiger charge is 2.54. The molecule has 2 aliphatic rings. The van der Waals surface area contributed by atoms with Crippen molar-refractivity contribution in [3.63, 3.8) is 0 Å². The normalized spacial score (nSPS) is 26.1. The second-order valence-corrected chi connectivity index (χ2v) is 8.13. The number of ether oxygens (including phenoxy) is 5. The summed E-state index contributed by atoms with van der Waals surface area (Å²) in [6, 6.07) is 28.7. The van der Waals surface area contributed by atoms with Crippen LogP contribution in [0.1, 0.15) is 21.5 Å². The van der Waals surface area contributed by atoms with Crippen molar-refractivity contribution in [1.29, 1.82) is 0 Å². The van der Waals surface area contributed by atoms with Crippen molar-refractivity contribution >= 4 is 5.97 Å². The Morgan fingerprint density at radius 3 is 1.88 bits per heavy atom. The molecule has 3 aromatic rings. The van der Waals surface area contributed by atoms with Crippen molar-refractivity contribution in [1.82, 2.24) is 0 Å². The average molecular weight is 446 g/mol. The first kappa shape index (κ1) is 21.8. The van der Waals surface area contributed by atoms with Crippen LogP contribution in [-0.4, -0.2) is 43.3 Å². The zero-order valence-corrected chi connectivity index (χ0v) is 18.1. The summed E-state index contributed by atoms with van der Waals surface area (Å²) in [6.07, 6.45) is -2.76. The monoisotopic (exact) mass is 446 g/mol. The highest BCUT2D eigenvalue weighted by atomic mass is 16.8. The summed E-state index contributed by atoms with van der Waals surface area (Å²) in [7, 11) is 0. The van der Waals surface area contributed by atoms with Gasteiger partial charge in [0.2, 0.25) is 0 Å². The smallest absolute Gasteiger partial charge is 0.338 e. The van der Waals surface area contributed by atoms with Crippen LogP contribution in [0.5, 0.6) is 0 Å². The Labute approximate surface area is 193 Å². The predicted molar refractivity (Wildman–Crippen MR) is 120 cm³/mol. The molecule has 0 aromatic heterocycles. The molecule has 0 spiro atoms. The van der Waals surface area contributed by atoms with Crippen LogP contribution in [-0.2, 0) is 36.9 Å². The van der Waals surface area contributed by atoms with E-state index in [1.165, 1.54) is 0 Å². The molecule has 6 nitrogen and oxygen atoms in total. The molecular weight excluding hydrogens is 420 g/mol. The van der Waals surface area contributed by atoms with Gasteiger partial charge >= 0.3 is 5.97 Å². The largest absolute Gasteiger partial charge is 0.450 e. The molecule has 0 aliphatic carbocycles. The van der Waals surface area contributed by atoms with E-state index >= 15 is 0 Å². The predicted octanol–water partition coefficient (Wildman–Crippen LogP) is 4.14. The number of rotatable bonds is 8. The minimum atomic E-state index is -0.763. The van der Waals surface area contributed by atoms with E-state index in [1.807, 2.05) is 66.7 Å². The third-order valence-corrected chi connectivity index (χ3v) is 5.84. The standard InChI is InChI=1S/C27H26O6/c28-26(21-14-8-3-9-15-21)33-25-24(30-17-20-12-6-2-7-13-20)23(22-18-31-27(25)32-22)29-16-19-10-4-1-5-11-19/h1-15,22-25,27H,16-18H2/t22-,23-,24+,25+,27-/m1/s1. The van der Waals surface area contributed by atoms with E-state index in [2.05, 4.69) is 0 Å². The molecule has 5 atom stereocenters. The summed E-state index contributed by atoms with van der Waals surface area (Å²) in [6.45, 7) is 1.10. The number of fused-ring (bicyclic) bond motifs is 2. The van der Waals surface area contributed by atoms with Crippen LogP contribution >= 0.6 is 0 Å². The zero-order chi connectivity index (χ0) is 22.5. The Morgan fingerprint density at radius 2 is 1.27 bits per heavy atom. The van der Waals surface area contributed by atoms with Crippen LogP contribution in [0, 0.1) is 0 Å². The molecule has 6 heteroatoms. The van der Waals surface area contributed by atoms with E-state index in [9.17, 15) is 4.79 Å². The number of hydrogen-bond acceptors (Lipinski definition) is 6. The van der Waals surface area contributed by atoms with E-state index in [1.54, 1.807) is 24.3 Å². The van der Waals surface area contributed by atoms with Crippen LogP contribution < -0.4 is 0 Å². The molecule has 0 N–H and O–H groups in total. The number of esters is 1. The summed E-state index contributed by atoms with van der Waals surface area (Å²) in [5.74, 6) is -0.451. The Kier molecular flexibility index (Phi) is 6.79. The molecule has 3 aromatic carbocycles. The fraction of sp³-hybridized carbons (Fsp3) is 0.296.